The highest BCUT2D eigenvalue weighted by Gasteiger charge is 2.48. The summed E-state index contributed by atoms with van der Waals surface area (Å²) < 4.78 is 9.47. The summed E-state index contributed by atoms with van der Waals surface area (Å²) in [5, 5.41) is 8.67. The molecule has 4 nitrogen and oxygen atoms in total. The lowest BCUT2D eigenvalue weighted by Crippen LogP contribution is -2.43. The predicted molar refractivity (Wildman–Crippen MR) is 125 cm³/mol. The Hall–Kier alpha value is -2.40. The largest absolute Gasteiger partial charge is 0.464 e. The monoisotopic (exact) mass is 475 g/mol. The molecule has 0 unspecified atom stereocenters. The van der Waals surface area contributed by atoms with Gasteiger partial charge in [0.2, 0.25) is 0 Å². The van der Waals surface area contributed by atoms with Gasteiger partial charge in [0.05, 0.1) is 11.7 Å². The molecule has 0 radical (unpaired) electrons. The summed E-state index contributed by atoms with van der Waals surface area (Å²) >= 11 is 3.71. The third-order valence-corrected chi connectivity index (χ3v) is 7.65. The third-order valence-electron chi connectivity index (χ3n) is 7.20. The summed E-state index contributed by atoms with van der Waals surface area (Å²) in [7, 11) is 2.05. The zero-order chi connectivity index (χ0) is 21.2. The molecule has 2 saturated carbocycles. The maximum absolute atomic E-state index is 6.24. The van der Waals surface area contributed by atoms with E-state index in [1.54, 1.807) is 0 Å². The molecule has 3 aromatic rings. The number of benzene rings is 2. The lowest BCUT2D eigenvalue weighted by atomic mass is 9.58. The second kappa shape index (κ2) is 7.06. The molecule has 0 saturated heterocycles. The smallest absolute Gasteiger partial charge is 0.143 e. The van der Waals surface area contributed by atoms with Gasteiger partial charge in [-0.1, -0.05) is 47.1 Å². The van der Waals surface area contributed by atoms with Crippen molar-refractivity contribution >= 4 is 21.5 Å². The van der Waals surface area contributed by atoms with E-state index in [0.717, 1.165) is 35.3 Å². The van der Waals surface area contributed by atoms with Crippen molar-refractivity contribution in [2.45, 2.75) is 50.4 Å². The molecule has 0 amide bonds. The lowest BCUT2D eigenvalue weighted by Gasteiger charge is -2.46. The van der Waals surface area contributed by atoms with E-state index >= 15 is 0 Å². The van der Waals surface area contributed by atoms with Gasteiger partial charge < -0.3 is 9.30 Å². The fraction of sp³-hybridized carbons (Fsp3) is 0.385. The van der Waals surface area contributed by atoms with Crippen molar-refractivity contribution in [1.29, 1.82) is 0 Å². The molecule has 0 N–H and O–H groups in total. The maximum atomic E-state index is 6.24. The van der Waals surface area contributed by atoms with Crippen LogP contribution in [0, 0.1) is 5.92 Å². The van der Waals surface area contributed by atoms with Gasteiger partial charge in [-0.05, 0) is 71.9 Å². The standard InChI is InChI=1S/C26H26BrN3O/c1-16-12-26(13-16,25-29-28-15-30(25)2)21-5-3-4-18(9-21)20-8-19-10-22(27)11-23(17-6-7-17)24(19)31-14-20/h3-5,9-11,14-17H,6-8,12-13H2,1-2H3. The SMILES string of the molecule is CC1CC(c2cccc(C3=COc4c(cc(Br)cc4C4CC4)C3)c2)(c2nncn2C)C1. The van der Waals surface area contributed by atoms with Crippen LogP contribution in [0.2, 0.25) is 0 Å². The zero-order valence-corrected chi connectivity index (χ0v) is 19.5. The van der Waals surface area contributed by atoms with Crippen LogP contribution < -0.4 is 4.74 Å². The number of hydrogen-bond acceptors (Lipinski definition) is 3. The van der Waals surface area contributed by atoms with Crippen molar-refractivity contribution in [2.24, 2.45) is 13.0 Å². The number of aryl methyl sites for hydroxylation is 1. The van der Waals surface area contributed by atoms with E-state index in [-0.39, 0.29) is 5.41 Å². The van der Waals surface area contributed by atoms with Crippen molar-refractivity contribution in [3.05, 3.63) is 81.5 Å². The predicted octanol–water partition coefficient (Wildman–Crippen LogP) is 6.15. The second-order valence-electron chi connectivity index (χ2n) is 9.64. The van der Waals surface area contributed by atoms with E-state index in [4.69, 9.17) is 4.74 Å². The van der Waals surface area contributed by atoms with Gasteiger partial charge in [0.1, 0.15) is 17.9 Å². The molecule has 31 heavy (non-hydrogen) atoms. The number of hydrogen-bond donors (Lipinski definition) is 0. The van der Waals surface area contributed by atoms with Crippen molar-refractivity contribution in [3.8, 4) is 5.75 Å². The van der Waals surface area contributed by atoms with Crippen LogP contribution in [0.15, 0.2) is 53.5 Å². The summed E-state index contributed by atoms with van der Waals surface area (Å²) in [4.78, 5) is 0. The Balaban J connectivity index is 1.36. The summed E-state index contributed by atoms with van der Waals surface area (Å²) in [5.41, 5.74) is 6.39. The first-order valence-corrected chi connectivity index (χ1v) is 12.0. The number of halogens is 1. The first-order valence-electron chi connectivity index (χ1n) is 11.2. The number of ether oxygens (including phenoxy) is 1. The molecule has 2 aromatic carbocycles. The van der Waals surface area contributed by atoms with Gasteiger partial charge in [0.15, 0.2) is 0 Å². The topological polar surface area (TPSA) is 39.9 Å². The van der Waals surface area contributed by atoms with E-state index in [9.17, 15) is 0 Å². The Bertz CT molecular complexity index is 1200. The molecule has 2 heterocycles. The quantitative estimate of drug-likeness (QED) is 0.454. The summed E-state index contributed by atoms with van der Waals surface area (Å²) in [6, 6.07) is 13.4. The average Bonchev–Trinajstić information content (AvgIpc) is 3.51. The Morgan fingerprint density at radius 1 is 1.16 bits per heavy atom. The highest BCUT2D eigenvalue weighted by molar-refractivity contribution is 9.10. The highest BCUT2D eigenvalue weighted by Crippen LogP contribution is 2.52. The Labute approximate surface area is 191 Å². The maximum Gasteiger partial charge on any atom is 0.143 e. The molecule has 0 atom stereocenters. The first kappa shape index (κ1) is 19.3. The van der Waals surface area contributed by atoms with E-state index in [1.807, 2.05) is 19.6 Å². The lowest BCUT2D eigenvalue weighted by molar-refractivity contribution is 0.185. The zero-order valence-electron chi connectivity index (χ0n) is 17.9. The van der Waals surface area contributed by atoms with Crippen LogP contribution in [-0.2, 0) is 18.9 Å². The van der Waals surface area contributed by atoms with E-state index in [1.165, 1.54) is 40.7 Å². The minimum Gasteiger partial charge on any atom is -0.464 e. The van der Waals surface area contributed by atoms with Crippen molar-refractivity contribution in [1.82, 2.24) is 14.8 Å². The molecule has 2 fully saturated rings. The van der Waals surface area contributed by atoms with Crippen LogP contribution in [0.1, 0.15) is 66.6 Å². The minimum absolute atomic E-state index is 0.0448. The molecule has 0 bridgehead atoms. The third kappa shape index (κ3) is 3.16. The fourth-order valence-corrected chi connectivity index (χ4v) is 6.13. The first-order chi connectivity index (χ1) is 15.0. The van der Waals surface area contributed by atoms with Gasteiger partial charge in [-0.25, -0.2) is 0 Å². The van der Waals surface area contributed by atoms with Crippen LogP contribution in [0.25, 0.3) is 5.57 Å². The highest BCUT2D eigenvalue weighted by atomic mass is 79.9. The van der Waals surface area contributed by atoms with Gasteiger partial charge in [-0.3, -0.25) is 0 Å². The van der Waals surface area contributed by atoms with Gasteiger partial charge in [-0.2, -0.15) is 0 Å². The Morgan fingerprint density at radius 2 is 2.00 bits per heavy atom. The minimum atomic E-state index is -0.0448. The average molecular weight is 476 g/mol. The Kier molecular flexibility index (Phi) is 4.39. The van der Waals surface area contributed by atoms with E-state index in [0.29, 0.717) is 11.8 Å². The van der Waals surface area contributed by atoms with Crippen molar-refractivity contribution in [2.75, 3.05) is 0 Å². The molecule has 5 heteroatoms. The molecule has 158 valence electrons. The molecule has 1 aliphatic heterocycles. The molecular formula is C26H26BrN3O. The molecule has 6 rings (SSSR count). The van der Waals surface area contributed by atoms with E-state index in [2.05, 4.69) is 74.0 Å². The van der Waals surface area contributed by atoms with Crippen LogP contribution >= 0.6 is 15.9 Å². The van der Waals surface area contributed by atoms with Crippen molar-refractivity contribution < 1.29 is 4.74 Å². The molecule has 1 aromatic heterocycles. The number of nitrogens with zero attached hydrogens (tertiary/aromatic N) is 3. The Morgan fingerprint density at radius 3 is 2.71 bits per heavy atom. The molecule has 3 aliphatic rings. The second-order valence-corrected chi connectivity index (χ2v) is 10.6. The number of rotatable bonds is 4. The molecular weight excluding hydrogens is 450 g/mol. The van der Waals surface area contributed by atoms with Gasteiger partial charge in [0, 0.05) is 23.5 Å². The summed E-state index contributed by atoms with van der Waals surface area (Å²) in [6.45, 7) is 2.32. The van der Waals surface area contributed by atoms with Crippen LogP contribution in [0.5, 0.6) is 5.75 Å². The van der Waals surface area contributed by atoms with E-state index < -0.39 is 0 Å². The summed E-state index contributed by atoms with van der Waals surface area (Å²) in [5.74, 6) is 3.51. The summed E-state index contributed by atoms with van der Waals surface area (Å²) in [6.07, 6.45) is 9.44. The van der Waals surface area contributed by atoms with Crippen LogP contribution in [-0.4, -0.2) is 14.8 Å². The van der Waals surface area contributed by atoms with Gasteiger partial charge in [-0.15, -0.1) is 10.2 Å². The van der Waals surface area contributed by atoms with Gasteiger partial charge in [0.25, 0.3) is 0 Å². The fourth-order valence-electron chi connectivity index (χ4n) is 5.60. The van der Waals surface area contributed by atoms with Crippen LogP contribution in [0.3, 0.4) is 0 Å². The van der Waals surface area contributed by atoms with Crippen molar-refractivity contribution in [3.63, 3.8) is 0 Å². The number of fused-ring (bicyclic) bond motifs is 1. The number of allylic oxidation sites excluding steroid dienone is 1. The van der Waals surface area contributed by atoms with Crippen LogP contribution in [0.4, 0.5) is 0 Å². The normalized spacial score (nSPS) is 24.7. The molecule has 0 spiro atoms. The molecule has 2 aliphatic carbocycles. The van der Waals surface area contributed by atoms with Gasteiger partial charge >= 0.3 is 0 Å². The number of aromatic nitrogens is 3.